The fourth-order valence-corrected chi connectivity index (χ4v) is 1.40. The van der Waals surface area contributed by atoms with Crippen LogP contribution >= 0.6 is 0 Å². The summed E-state index contributed by atoms with van der Waals surface area (Å²) in [5.74, 6) is 0. The van der Waals surface area contributed by atoms with Gasteiger partial charge in [-0.05, 0) is 12.5 Å². The second-order valence-electron chi connectivity index (χ2n) is 3.16. The second kappa shape index (κ2) is 3.25. The zero-order valence-electron chi connectivity index (χ0n) is 7.21. The molecule has 1 aromatic carbocycles. The van der Waals surface area contributed by atoms with E-state index >= 15 is 0 Å². The minimum absolute atomic E-state index is 0.255. The van der Waals surface area contributed by atoms with E-state index in [2.05, 4.69) is 36.5 Å². The zero-order chi connectivity index (χ0) is 8.39. The normalized spacial score (nSPS) is 22.9. The van der Waals surface area contributed by atoms with Gasteiger partial charge in [-0.15, -0.1) is 0 Å². The Kier molecular flexibility index (Phi) is 2.11. The molecule has 0 saturated carbocycles. The molecule has 0 radical (unpaired) electrons. The van der Waals surface area contributed by atoms with E-state index in [1.165, 1.54) is 11.1 Å². The standard InChI is InChI=1S/C10H13NO/c1-8-2-4-9(5-3-8)10-6-11-7-12-10/h2-5,10-11H,6-7H2,1H3. The SMILES string of the molecule is Cc1ccc(C2CNCO2)cc1. The second-order valence-corrected chi connectivity index (χ2v) is 3.16. The highest BCUT2D eigenvalue weighted by atomic mass is 16.5. The lowest BCUT2D eigenvalue weighted by molar-refractivity contribution is 0.114. The number of hydrogen-bond acceptors (Lipinski definition) is 2. The van der Waals surface area contributed by atoms with Crippen molar-refractivity contribution in [1.29, 1.82) is 0 Å². The number of rotatable bonds is 1. The molecule has 12 heavy (non-hydrogen) atoms. The lowest BCUT2D eigenvalue weighted by Gasteiger charge is -2.07. The van der Waals surface area contributed by atoms with Gasteiger partial charge >= 0.3 is 0 Å². The van der Waals surface area contributed by atoms with E-state index in [-0.39, 0.29) is 6.10 Å². The van der Waals surface area contributed by atoms with Crippen LogP contribution in [0.4, 0.5) is 0 Å². The molecule has 1 aliphatic rings. The van der Waals surface area contributed by atoms with Crippen molar-refractivity contribution < 1.29 is 4.74 Å². The lowest BCUT2D eigenvalue weighted by Crippen LogP contribution is -2.07. The van der Waals surface area contributed by atoms with Crippen LogP contribution in [0.3, 0.4) is 0 Å². The smallest absolute Gasteiger partial charge is 0.0975 e. The third-order valence-corrected chi connectivity index (χ3v) is 2.17. The zero-order valence-corrected chi connectivity index (χ0v) is 7.21. The van der Waals surface area contributed by atoms with Gasteiger partial charge in [0.25, 0.3) is 0 Å². The Morgan fingerprint density at radius 2 is 2.08 bits per heavy atom. The molecule has 0 amide bonds. The van der Waals surface area contributed by atoms with Gasteiger partial charge in [0.1, 0.15) is 0 Å². The summed E-state index contributed by atoms with van der Waals surface area (Å²) in [6.45, 7) is 3.71. The van der Waals surface area contributed by atoms with Crippen LogP contribution in [-0.4, -0.2) is 13.3 Å². The van der Waals surface area contributed by atoms with Gasteiger partial charge in [0.15, 0.2) is 0 Å². The van der Waals surface area contributed by atoms with Crippen molar-refractivity contribution in [2.24, 2.45) is 0 Å². The predicted octanol–water partition coefficient (Wildman–Crippen LogP) is 1.61. The van der Waals surface area contributed by atoms with Crippen molar-refractivity contribution in [2.45, 2.75) is 13.0 Å². The summed E-state index contributed by atoms with van der Waals surface area (Å²) >= 11 is 0. The lowest BCUT2D eigenvalue weighted by atomic mass is 10.1. The quantitative estimate of drug-likeness (QED) is 0.679. The van der Waals surface area contributed by atoms with Crippen LogP contribution in [0.15, 0.2) is 24.3 Å². The molecule has 1 saturated heterocycles. The largest absolute Gasteiger partial charge is 0.357 e. The first-order valence-corrected chi connectivity index (χ1v) is 4.25. The van der Waals surface area contributed by atoms with Crippen molar-refractivity contribution in [3.8, 4) is 0 Å². The molecular weight excluding hydrogens is 150 g/mol. The molecule has 1 N–H and O–H groups in total. The maximum atomic E-state index is 5.47. The number of benzene rings is 1. The van der Waals surface area contributed by atoms with Crippen molar-refractivity contribution >= 4 is 0 Å². The first-order valence-electron chi connectivity index (χ1n) is 4.25. The highest BCUT2D eigenvalue weighted by Gasteiger charge is 2.15. The molecule has 0 bridgehead atoms. The van der Waals surface area contributed by atoms with E-state index in [4.69, 9.17) is 4.74 Å². The van der Waals surface area contributed by atoms with Crippen molar-refractivity contribution in [3.63, 3.8) is 0 Å². The van der Waals surface area contributed by atoms with E-state index in [0.29, 0.717) is 6.73 Å². The molecule has 1 atom stereocenters. The fourth-order valence-electron chi connectivity index (χ4n) is 1.40. The van der Waals surface area contributed by atoms with Gasteiger partial charge in [-0.25, -0.2) is 0 Å². The van der Waals surface area contributed by atoms with Crippen LogP contribution in [0.25, 0.3) is 0 Å². The van der Waals surface area contributed by atoms with E-state index in [0.717, 1.165) is 6.54 Å². The van der Waals surface area contributed by atoms with E-state index in [1.807, 2.05) is 0 Å². The minimum atomic E-state index is 0.255. The molecular formula is C10H13NO. The number of hydrogen-bond donors (Lipinski definition) is 1. The van der Waals surface area contributed by atoms with Gasteiger partial charge in [0.2, 0.25) is 0 Å². The Morgan fingerprint density at radius 3 is 2.67 bits per heavy atom. The summed E-state index contributed by atoms with van der Waals surface area (Å²) in [5, 5.41) is 3.16. The van der Waals surface area contributed by atoms with E-state index < -0.39 is 0 Å². The molecule has 1 heterocycles. The Hall–Kier alpha value is -0.860. The van der Waals surface area contributed by atoms with E-state index in [9.17, 15) is 0 Å². The molecule has 1 aromatic rings. The summed E-state index contributed by atoms with van der Waals surface area (Å²) in [6, 6.07) is 8.51. The van der Waals surface area contributed by atoms with Crippen LogP contribution in [-0.2, 0) is 4.74 Å². The number of aryl methyl sites for hydroxylation is 1. The van der Waals surface area contributed by atoms with Gasteiger partial charge in [-0.1, -0.05) is 29.8 Å². The Morgan fingerprint density at radius 1 is 1.33 bits per heavy atom. The Balaban J connectivity index is 2.17. The molecule has 2 nitrogen and oxygen atoms in total. The molecule has 0 aliphatic carbocycles. The first-order chi connectivity index (χ1) is 5.86. The average molecular weight is 163 g/mol. The fraction of sp³-hybridized carbons (Fsp3) is 0.400. The highest BCUT2D eigenvalue weighted by Crippen LogP contribution is 2.19. The first kappa shape index (κ1) is 7.77. The molecule has 0 aromatic heterocycles. The van der Waals surface area contributed by atoms with Crippen LogP contribution in [0.5, 0.6) is 0 Å². The Bertz CT molecular complexity index is 249. The molecule has 0 spiro atoms. The molecule has 1 aliphatic heterocycles. The van der Waals surface area contributed by atoms with Gasteiger partial charge < -0.3 is 4.74 Å². The summed E-state index contributed by atoms with van der Waals surface area (Å²) in [6.07, 6.45) is 0.255. The summed E-state index contributed by atoms with van der Waals surface area (Å²) < 4.78 is 5.47. The monoisotopic (exact) mass is 163 g/mol. The number of nitrogens with one attached hydrogen (secondary N) is 1. The maximum absolute atomic E-state index is 5.47. The van der Waals surface area contributed by atoms with Crippen molar-refractivity contribution in [1.82, 2.24) is 5.32 Å². The van der Waals surface area contributed by atoms with Crippen LogP contribution < -0.4 is 5.32 Å². The topological polar surface area (TPSA) is 21.3 Å². The average Bonchev–Trinajstić information content (AvgIpc) is 2.58. The van der Waals surface area contributed by atoms with Gasteiger partial charge in [0.05, 0.1) is 12.8 Å². The van der Waals surface area contributed by atoms with Crippen LogP contribution in [0.1, 0.15) is 17.2 Å². The molecule has 1 unspecified atom stereocenters. The van der Waals surface area contributed by atoms with Crippen molar-refractivity contribution in [2.75, 3.05) is 13.3 Å². The third kappa shape index (κ3) is 1.49. The third-order valence-electron chi connectivity index (χ3n) is 2.17. The molecule has 1 fully saturated rings. The molecule has 2 heteroatoms. The van der Waals surface area contributed by atoms with E-state index in [1.54, 1.807) is 0 Å². The van der Waals surface area contributed by atoms with Crippen molar-refractivity contribution in [3.05, 3.63) is 35.4 Å². The summed E-state index contributed by atoms with van der Waals surface area (Å²) in [5.41, 5.74) is 2.57. The van der Waals surface area contributed by atoms with Gasteiger partial charge in [0, 0.05) is 6.54 Å². The molecule has 64 valence electrons. The molecule has 2 rings (SSSR count). The predicted molar refractivity (Wildman–Crippen MR) is 47.9 cm³/mol. The summed E-state index contributed by atoms with van der Waals surface area (Å²) in [4.78, 5) is 0. The van der Waals surface area contributed by atoms with Crippen LogP contribution in [0, 0.1) is 6.92 Å². The number of ether oxygens (including phenoxy) is 1. The minimum Gasteiger partial charge on any atom is -0.357 e. The Labute approximate surface area is 72.5 Å². The van der Waals surface area contributed by atoms with Gasteiger partial charge in [-0.2, -0.15) is 0 Å². The van der Waals surface area contributed by atoms with Crippen LogP contribution in [0.2, 0.25) is 0 Å². The summed E-state index contributed by atoms with van der Waals surface area (Å²) in [7, 11) is 0. The highest BCUT2D eigenvalue weighted by molar-refractivity contribution is 5.23. The maximum Gasteiger partial charge on any atom is 0.0975 e. The van der Waals surface area contributed by atoms with Gasteiger partial charge in [-0.3, -0.25) is 5.32 Å².